The molecule has 1 heterocycles. The molecule has 0 aromatic heterocycles. The number of benzene rings is 2. The second kappa shape index (κ2) is 7.24. The fourth-order valence-corrected chi connectivity index (χ4v) is 2.78. The Morgan fingerprint density at radius 1 is 1.09 bits per heavy atom. The minimum atomic E-state index is 0.182. The SMILES string of the molecule is CC(C)c1ccc(Oc2cc(Cl)ccc2O[C@H]2CCNC2)cc1. The molecule has 1 N–H and O–H groups in total. The lowest BCUT2D eigenvalue weighted by atomic mass is 10.0. The van der Waals surface area contributed by atoms with Crippen LogP contribution in [0.2, 0.25) is 5.02 Å². The lowest BCUT2D eigenvalue weighted by Crippen LogP contribution is -2.19. The van der Waals surface area contributed by atoms with Gasteiger partial charge in [-0.15, -0.1) is 0 Å². The van der Waals surface area contributed by atoms with E-state index in [1.165, 1.54) is 5.56 Å². The Kier molecular flexibility index (Phi) is 5.09. The van der Waals surface area contributed by atoms with Crippen molar-refractivity contribution in [1.82, 2.24) is 5.32 Å². The maximum atomic E-state index is 6.12. The molecule has 3 nitrogen and oxygen atoms in total. The van der Waals surface area contributed by atoms with Crippen LogP contribution in [0.15, 0.2) is 42.5 Å². The summed E-state index contributed by atoms with van der Waals surface area (Å²) in [5.74, 6) is 2.67. The molecular weight excluding hydrogens is 310 g/mol. The standard InChI is InChI=1S/C19H22ClNO2/c1-13(2)14-3-6-16(7-4-14)22-19-11-15(20)5-8-18(19)23-17-9-10-21-12-17/h3-8,11,13,17,21H,9-10,12H2,1-2H3/t17-/m0/s1. The van der Waals surface area contributed by atoms with Crippen molar-refractivity contribution >= 4 is 11.6 Å². The smallest absolute Gasteiger partial charge is 0.170 e. The Bertz CT molecular complexity index is 649. The molecule has 0 saturated carbocycles. The first-order chi connectivity index (χ1) is 11.1. The lowest BCUT2D eigenvalue weighted by molar-refractivity contribution is 0.215. The highest BCUT2D eigenvalue weighted by Gasteiger charge is 2.18. The van der Waals surface area contributed by atoms with Gasteiger partial charge in [-0.3, -0.25) is 0 Å². The molecule has 2 aromatic rings. The van der Waals surface area contributed by atoms with E-state index in [1.807, 2.05) is 24.3 Å². The maximum absolute atomic E-state index is 6.12. The van der Waals surface area contributed by atoms with Crippen molar-refractivity contribution in [3.8, 4) is 17.2 Å². The average molecular weight is 332 g/mol. The summed E-state index contributed by atoms with van der Waals surface area (Å²) in [6, 6.07) is 13.6. The molecule has 0 aliphatic carbocycles. The first-order valence-corrected chi connectivity index (χ1v) is 8.44. The number of halogens is 1. The van der Waals surface area contributed by atoms with Crippen LogP contribution >= 0.6 is 11.6 Å². The normalized spacial score (nSPS) is 17.5. The van der Waals surface area contributed by atoms with Gasteiger partial charge in [0.2, 0.25) is 0 Å². The second-order valence-corrected chi connectivity index (χ2v) is 6.59. The van der Waals surface area contributed by atoms with Gasteiger partial charge in [-0.25, -0.2) is 0 Å². The number of hydrogen-bond donors (Lipinski definition) is 1. The Morgan fingerprint density at radius 2 is 1.87 bits per heavy atom. The predicted molar refractivity (Wildman–Crippen MR) is 94.0 cm³/mol. The van der Waals surface area contributed by atoms with E-state index in [-0.39, 0.29) is 6.10 Å². The Morgan fingerprint density at radius 3 is 2.52 bits per heavy atom. The molecule has 122 valence electrons. The molecule has 1 atom stereocenters. The van der Waals surface area contributed by atoms with Crippen molar-refractivity contribution in [1.29, 1.82) is 0 Å². The Labute approximate surface area is 142 Å². The van der Waals surface area contributed by atoms with Crippen molar-refractivity contribution in [3.05, 3.63) is 53.1 Å². The predicted octanol–water partition coefficient (Wildman–Crippen LogP) is 5.00. The van der Waals surface area contributed by atoms with Gasteiger partial charge in [0.1, 0.15) is 11.9 Å². The van der Waals surface area contributed by atoms with Crippen LogP contribution in [0.3, 0.4) is 0 Å². The topological polar surface area (TPSA) is 30.5 Å². The monoisotopic (exact) mass is 331 g/mol. The largest absolute Gasteiger partial charge is 0.485 e. The van der Waals surface area contributed by atoms with Gasteiger partial charge in [0.05, 0.1) is 0 Å². The average Bonchev–Trinajstić information content (AvgIpc) is 3.03. The van der Waals surface area contributed by atoms with Gasteiger partial charge in [0, 0.05) is 17.6 Å². The molecule has 0 amide bonds. The van der Waals surface area contributed by atoms with Crippen LogP contribution < -0.4 is 14.8 Å². The fraction of sp³-hybridized carbons (Fsp3) is 0.368. The van der Waals surface area contributed by atoms with Crippen LogP contribution in [0.1, 0.15) is 31.7 Å². The van der Waals surface area contributed by atoms with Crippen molar-refractivity contribution in [2.24, 2.45) is 0 Å². The Balaban J connectivity index is 1.78. The molecule has 0 radical (unpaired) electrons. The first-order valence-electron chi connectivity index (χ1n) is 8.06. The van der Waals surface area contributed by atoms with Gasteiger partial charge in [0.25, 0.3) is 0 Å². The second-order valence-electron chi connectivity index (χ2n) is 6.15. The van der Waals surface area contributed by atoms with E-state index >= 15 is 0 Å². The van der Waals surface area contributed by atoms with E-state index in [2.05, 4.69) is 31.3 Å². The first kappa shape index (κ1) is 16.2. The quantitative estimate of drug-likeness (QED) is 0.836. The van der Waals surface area contributed by atoms with Gasteiger partial charge < -0.3 is 14.8 Å². The van der Waals surface area contributed by atoms with Crippen LogP contribution in [0.5, 0.6) is 17.2 Å². The number of ether oxygens (including phenoxy) is 2. The number of nitrogens with one attached hydrogen (secondary N) is 1. The van der Waals surface area contributed by atoms with Gasteiger partial charge in [-0.05, 0) is 48.7 Å². The maximum Gasteiger partial charge on any atom is 0.170 e. The molecule has 0 unspecified atom stereocenters. The molecule has 1 saturated heterocycles. The lowest BCUT2D eigenvalue weighted by Gasteiger charge is -2.17. The summed E-state index contributed by atoms with van der Waals surface area (Å²) < 4.78 is 12.1. The highest BCUT2D eigenvalue weighted by atomic mass is 35.5. The van der Waals surface area contributed by atoms with Crippen LogP contribution in [-0.2, 0) is 0 Å². The van der Waals surface area contributed by atoms with Crippen LogP contribution in [0.4, 0.5) is 0 Å². The van der Waals surface area contributed by atoms with Gasteiger partial charge >= 0.3 is 0 Å². The molecule has 1 fully saturated rings. The summed E-state index contributed by atoms with van der Waals surface area (Å²) in [5, 5.41) is 3.93. The van der Waals surface area contributed by atoms with Crippen molar-refractivity contribution in [2.75, 3.05) is 13.1 Å². The highest BCUT2D eigenvalue weighted by molar-refractivity contribution is 6.30. The van der Waals surface area contributed by atoms with Gasteiger partial charge in [-0.2, -0.15) is 0 Å². The minimum Gasteiger partial charge on any atom is -0.485 e. The summed E-state index contributed by atoms with van der Waals surface area (Å²) in [6.45, 7) is 6.21. The zero-order chi connectivity index (χ0) is 16.2. The summed E-state index contributed by atoms with van der Waals surface area (Å²) in [5.41, 5.74) is 1.29. The number of rotatable bonds is 5. The summed E-state index contributed by atoms with van der Waals surface area (Å²) >= 11 is 6.12. The molecule has 23 heavy (non-hydrogen) atoms. The van der Waals surface area contributed by atoms with Crippen molar-refractivity contribution in [3.63, 3.8) is 0 Å². The molecule has 0 bridgehead atoms. The van der Waals surface area contributed by atoms with E-state index < -0.39 is 0 Å². The van der Waals surface area contributed by atoms with Gasteiger partial charge in [-0.1, -0.05) is 37.6 Å². The third kappa shape index (κ3) is 4.18. The van der Waals surface area contributed by atoms with Crippen LogP contribution in [0.25, 0.3) is 0 Å². The third-order valence-corrected chi connectivity index (χ3v) is 4.22. The number of hydrogen-bond acceptors (Lipinski definition) is 3. The fourth-order valence-electron chi connectivity index (χ4n) is 2.62. The minimum absolute atomic E-state index is 0.182. The van der Waals surface area contributed by atoms with E-state index in [1.54, 1.807) is 6.07 Å². The third-order valence-electron chi connectivity index (χ3n) is 3.99. The molecule has 3 rings (SSSR count). The van der Waals surface area contributed by atoms with Crippen molar-refractivity contribution < 1.29 is 9.47 Å². The van der Waals surface area contributed by atoms with Crippen molar-refractivity contribution in [2.45, 2.75) is 32.3 Å². The molecule has 0 spiro atoms. The highest BCUT2D eigenvalue weighted by Crippen LogP contribution is 2.35. The van der Waals surface area contributed by atoms with E-state index in [0.29, 0.717) is 16.7 Å². The zero-order valence-corrected chi connectivity index (χ0v) is 14.3. The summed E-state index contributed by atoms with van der Waals surface area (Å²) in [7, 11) is 0. The molecule has 1 aliphatic heterocycles. The van der Waals surface area contributed by atoms with E-state index in [9.17, 15) is 0 Å². The van der Waals surface area contributed by atoms with E-state index in [4.69, 9.17) is 21.1 Å². The Hall–Kier alpha value is -1.71. The molecule has 1 aliphatic rings. The van der Waals surface area contributed by atoms with Crippen LogP contribution in [-0.4, -0.2) is 19.2 Å². The molecule has 2 aromatic carbocycles. The molecular formula is C19H22ClNO2. The van der Waals surface area contributed by atoms with Crippen LogP contribution in [0, 0.1) is 0 Å². The summed E-state index contributed by atoms with van der Waals surface area (Å²) in [6.07, 6.45) is 1.19. The van der Waals surface area contributed by atoms with E-state index in [0.717, 1.165) is 31.0 Å². The molecule has 4 heteroatoms. The van der Waals surface area contributed by atoms with Gasteiger partial charge in [0.15, 0.2) is 11.5 Å². The summed E-state index contributed by atoms with van der Waals surface area (Å²) in [4.78, 5) is 0. The zero-order valence-electron chi connectivity index (χ0n) is 13.5.